The average Bonchev–Trinajstić information content (AvgIpc) is 2.82. The third kappa shape index (κ3) is 5.47. The van der Waals surface area contributed by atoms with Crippen molar-refractivity contribution in [3.63, 3.8) is 0 Å². The number of hydrogen-bond acceptors (Lipinski definition) is 4. The molecule has 1 fully saturated rings. The van der Waals surface area contributed by atoms with Crippen LogP contribution in [0.25, 0.3) is 6.08 Å². The van der Waals surface area contributed by atoms with E-state index in [0.717, 1.165) is 27.2 Å². The SMILES string of the molecule is C=CCc1cc(/C=C2\C(=O)NC(=O)N(c3ccc(C)cc3)C2=O)cc(Br)c1OCc1cccc(C)c1. The Bertz CT molecular complexity index is 1390. The summed E-state index contributed by atoms with van der Waals surface area (Å²) in [6.07, 6.45) is 3.76. The molecule has 0 spiro atoms. The number of imide groups is 2. The molecule has 0 aliphatic carbocycles. The highest BCUT2D eigenvalue weighted by molar-refractivity contribution is 9.10. The van der Waals surface area contributed by atoms with E-state index in [4.69, 9.17) is 4.74 Å². The van der Waals surface area contributed by atoms with Crippen molar-refractivity contribution in [3.8, 4) is 5.75 Å². The highest BCUT2D eigenvalue weighted by Gasteiger charge is 2.36. The number of ether oxygens (including phenoxy) is 1. The maximum atomic E-state index is 13.2. The third-order valence-corrected chi connectivity index (χ3v) is 6.27. The van der Waals surface area contributed by atoms with Crippen LogP contribution >= 0.6 is 15.9 Å². The lowest BCUT2D eigenvalue weighted by Crippen LogP contribution is -2.54. The first-order valence-electron chi connectivity index (χ1n) is 11.4. The summed E-state index contributed by atoms with van der Waals surface area (Å²) >= 11 is 3.58. The largest absolute Gasteiger partial charge is 0.487 e. The van der Waals surface area contributed by atoms with Gasteiger partial charge < -0.3 is 4.74 Å². The van der Waals surface area contributed by atoms with Gasteiger partial charge in [-0.05, 0) is 83.2 Å². The first-order chi connectivity index (χ1) is 17.3. The van der Waals surface area contributed by atoms with Crippen LogP contribution in [0.4, 0.5) is 10.5 Å². The maximum Gasteiger partial charge on any atom is 0.335 e. The quantitative estimate of drug-likeness (QED) is 0.223. The van der Waals surface area contributed by atoms with Gasteiger partial charge in [0.1, 0.15) is 17.9 Å². The van der Waals surface area contributed by atoms with E-state index in [2.05, 4.69) is 33.9 Å². The van der Waals surface area contributed by atoms with Crippen molar-refractivity contribution >= 4 is 45.5 Å². The van der Waals surface area contributed by atoms with E-state index in [1.165, 1.54) is 6.08 Å². The van der Waals surface area contributed by atoms with Crippen LogP contribution in [0.15, 0.2) is 83.4 Å². The molecule has 1 N–H and O–H groups in total. The number of hydrogen-bond donors (Lipinski definition) is 1. The smallest absolute Gasteiger partial charge is 0.335 e. The highest BCUT2D eigenvalue weighted by atomic mass is 79.9. The number of anilines is 1. The number of carbonyl (C=O) groups is 3. The van der Waals surface area contributed by atoms with Gasteiger partial charge in [-0.3, -0.25) is 14.9 Å². The molecule has 0 bridgehead atoms. The zero-order valence-electron chi connectivity index (χ0n) is 20.0. The van der Waals surface area contributed by atoms with Gasteiger partial charge in [-0.25, -0.2) is 9.69 Å². The van der Waals surface area contributed by atoms with Crippen molar-refractivity contribution in [2.75, 3.05) is 4.90 Å². The Labute approximate surface area is 218 Å². The van der Waals surface area contributed by atoms with E-state index in [9.17, 15) is 14.4 Å². The van der Waals surface area contributed by atoms with E-state index in [1.807, 2.05) is 38.1 Å². The highest BCUT2D eigenvalue weighted by Crippen LogP contribution is 2.33. The molecular weight excluding hydrogens is 520 g/mol. The van der Waals surface area contributed by atoms with Crippen LogP contribution in [-0.2, 0) is 22.6 Å². The molecule has 1 aliphatic heterocycles. The molecule has 6 nitrogen and oxygen atoms in total. The number of carbonyl (C=O) groups excluding carboxylic acids is 3. The number of nitrogens with one attached hydrogen (secondary N) is 1. The molecule has 3 aromatic carbocycles. The number of urea groups is 1. The molecule has 4 rings (SSSR count). The molecular formula is C29H25BrN2O4. The lowest BCUT2D eigenvalue weighted by atomic mass is 10.0. The van der Waals surface area contributed by atoms with Crippen molar-refractivity contribution in [1.29, 1.82) is 0 Å². The summed E-state index contributed by atoms with van der Waals surface area (Å²) < 4.78 is 6.81. The zero-order chi connectivity index (χ0) is 25.8. The van der Waals surface area contributed by atoms with Crippen LogP contribution in [0.5, 0.6) is 5.75 Å². The number of barbiturate groups is 1. The standard InChI is InChI=1S/C29H25BrN2O4/c1-4-6-22-14-21(16-25(30)26(22)36-17-20-8-5-7-19(3)13-20)15-24-27(33)31-29(35)32(28(24)34)23-11-9-18(2)10-12-23/h4-5,7-16H,1,6,17H2,2-3H3,(H,31,33,35)/b24-15+. The number of aryl methyl sites for hydroxylation is 2. The van der Waals surface area contributed by atoms with E-state index in [0.29, 0.717) is 34.5 Å². The first kappa shape index (κ1) is 25.1. The van der Waals surface area contributed by atoms with E-state index < -0.39 is 17.8 Å². The van der Waals surface area contributed by atoms with Crippen molar-refractivity contribution in [1.82, 2.24) is 5.32 Å². The van der Waals surface area contributed by atoms with Gasteiger partial charge in [0.2, 0.25) is 0 Å². The van der Waals surface area contributed by atoms with Gasteiger partial charge >= 0.3 is 6.03 Å². The molecule has 1 aliphatic rings. The number of amides is 4. The van der Waals surface area contributed by atoms with E-state index in [1.54, 1.807) is 36.4 Å². The first-order valence-corrected chi connectivity index (χ1v) is 12.2. The summed E-state index contributed by atoms with van der Waals surface area (Å²) in [4.78, 5) is 39.2. The minimum Gasteiger partial charge on any atom is -0.487 e. The molecule has 1 heterocycles. The van der Waals surface area contributed by atoms with Gasteiger partial charge in [0, 0.05) is 0 Å². The summed E-state index contributed by atoms with van der Waals surface area (Å²) in [5, 5.41) is 2.26. The second kappa shape index (κ2) is 10.7. The number of halogens is 1. The Balaban J connectivity index is 1.66. The number of nitrogens with zero attached hydrogens (tertiary/aromatic N) is 1. The number of allylic oxidation sites excluding steroid dienone is 1. The van der Waals surface area contributed by atoms with Gasteiger partial charge in [-0.2, -0.15) is 0 Å². The molecule has 0 atom stereocenters. The summed E-state index contributed by atoms with van der Waals surface area (Å²) in [6, 6.07) is 17.8. The number of rotatable bonds is 7. The molecule has 4 amide bonds. The lowest BCUT2D eigenvalue weighted by molar-refractivity contribution is -0.122. The van der Waals surface area contributed by atoms with Crippen LogP contribution in [0, 0.1) is 13.8 Å². The fourth-order valence-corrected chi connectivity index (χ4v) is 4.57. The Morgan fingerprint density at radius 3 is 2.44 bits per heavy atom. The minimum absolute atomic E-state index is 0.139. The summed E-state index contributed by atoms with van der Waals surface area (Å²) in [5.74, 6) is -0.766. The van der Waals surface area contributed by atoms with Crippen LogP contribution < -0.4 is 15.0 Å². The van der Waals surface area contributed by atoms with Crippen molar-refractivity contribution in [2.45, 2.75) is 26.9 Å². The van der Waals surface area contributed by atoms with Gasteiger partial charge in [0.05, 0.1) is 10.2 Å². The van der Waals surface area contributed by atoms with Crippen LogP contribution in [0.3, 0.4) is 0 Å². The molecule has 0 unspecified atom stereocenters. The topological polar surface area (TPSA) is 75.7 Å². The predicted octanol–water partition coefficient (Wildman–Crippen LogP) is 6.04. The Morgan fingerprint density at radius 2 is 1.75 bits per heavy atom. The third-order valence-electron chi connectivity index (χ3n) is 5.68. The summed E-state index contributed by atoms with van der Waals surface area (Å²) in [5.41, 5.74) is 4.88. The monoisotopic (exact) mass is 544 g/mol. The van der Waals surface area contributed by atoms with Gasteiger partial charge in [0.15, 0.2) is 0 Å². The minimum atomic E-state index is -0.778. The molecule has 36 heavy (non-hydrogen) atoms. The van der Waals surface area contributed by atoms with Crippen molar-refractivity contribution in [2.24, 2.45) is 0 Å². The van der Waals surface area contributed by atoms with Gasteiger partial charge in [-0.1, -0.05) is 53.6 Å². The molecule has 0 saturated carbocycles. The van der Waals surface area contributed by atoms with Crippen molar-refractivity contribution in [3.05, 3.63) is 111 Å². The van der Waals surface area contributed by atoms with Crippen LogP contribution in [-0.4, -0.2) is 17.8 Å². The normalized spacial score (nSPS) is 14.7. The molecule has 7 heteroatoms. The predicted molar refractivity (Wildman–Crippen MR) is 144 cm³/mol. The average molecular weight is 545 g/mol. The Kier molecular flexibility index (Phi) is 7.50. The second-order valence-electron chi connectivity index (χ2n) is 8.55. The lowest BCUT2D eigenvalue weighted by Gasteiger charge is -2.26. The summed E-state index contributed by atoms with van der Waals surface area (Å²) in [7, 11) is 0. The van der Waals surface area contributed by atoms with E-state index >= 15 is 0 Å². The fourth-order valence-electron chi connectivity index (χ4n) is 3.94. The molecule has 182 valence electrons. The molecule has 0 aromatic heterocycles. The molecule has 1 saturated heterocycles. The fraction of sp³-hybridized carbons (Fsp3) is 0.138. The second-order valence-corrected chi connectivity index (χ2v) is 9.41. The van der Waals surface area contributed by atoms with Crippen LogP contribution in [0.1, 0.15) is 27.8 Å². The zero-order valence-corrected chi connectivity index (χ0v) is 21.6. The number of benzene rings is 3. The van der Waals surface area contributed by atoms with Gasteiger partial charge in [-0.15, -0.1) is 6.58 Å². The Morgan fingerprint density at radius 1 is 1.00 bits per heavy atom. The molecule has 0 radical (unpaired) electrons. The summed E-state index contributed by atoms with van der Waals surface area (Å²) in [6.45, 7) is 8.16. The van der Waals surface area contributed by atoms with Gasteiger partial charge in [0.25, 0.3) is 11.8 Å². The maximum absolute atomic E-state index is 13.2. The van der Waals surface area contributed by atoms with E-state index in [-0.39, 0.29) is 5.57 Å². The van der Waals surface area contributed by atoms with Crippen LogP contribution in [0.2, 0.25) is 0 Å². The Hall–Kier alpha value is -3.97. The molecule has 3 aromatic rings. The van der Waals surface area contributed by atoms with Crippen molar-refractivity contribution < 1.29 is 19.1 Å².